The van der Waals surface area contributed by atoms with Crippen molar-refractivity contribution < 1.29 is 9.84 Å². The first kappa shape index (κ1) is 9.96. The van der Waals surface area contributed by atoms with E-state index in [2.05, 4.69) is 4.90 Å². The molecule has 0 aromatic heterocycles. The van der Waals surface area contributed by atoms with Crippen molar-refractivity contribution in [2.75, 3.05) is 26.7 Å². The molecular weight excluding hydrogens is 154 g/mol. The van der Waals surface area contributed by atoms with Crippen molar-refractivity contribution in [3.05, 3.63) is 0 Å². The van der Waals surface area contributed by atoms with Crippen molar-refractivity contribution in [3.8, 4) is 0 Å². The minimum absolute atomic E-state index is 0.208. The number of hydrogen-bond acceptors (Lipinski definition) is 3. The third kappa shape index (κ3) is 2.73. The number of ether oxygens (including phenoxy) is 1. The molecule has 0 aliphatic carbocycles. The van der Waals surface area contributed by atoms with Gasteiger partial charge in [0.05, 0.1) is 12.7 Å². The van der Waals surface area contributed by atoms with E-state index in [0.29, 0.717) is 6.61 Å². The number of aliphatic hydroxyl groups is 1. The molecule has 1 fully saturated rings. The van der Waals surface area contributed by atoms with Crippen LogP contribution in [0.3, 0.4) is 0 Å². The number of β-amino-alcohol motifs (C(OH)–C–C–N with tert-alkyl or cyclic N) is 1. The van der Waals surface area contributed by atoms with Crippen molar-refractivity contribution in [3.63, 3.8) is 0 Å². The average Bonchev–Trinajstić information content (AvgIpc) is 2.29. The van der Waals surface area contributed by atoms with E-state index in [4.69, 9.17) is 4.74 Å². The Morgan fingerprint density at radius 3 is 2.67 bits per heavy atom. The van der Waals surface area contributed by atoms with Crippen LogP contribution in [0.5, 0.6) is 0 Å². The van der Waals surface area contributed by atoms with Gasteiger partial charge in [-0.05, 0) is 27.3 Å². The Balaban J connectivity index is 2.30. The molecule has 1 atom stereocenters. The fourth-order valence-electron chi connectivity index (χ4n) is 1.50. The molecule has 0 bridgehead atoms. The van der Waals surface area contributed by atoms with Crippen molar-refractivity contribution >= 4 is 0 Å². The van der Waals surface area contributed by atoms with Gasteiger partial charge >= 0.3 is 0 Å². The summed E-state index contributed by atoms with van der Waals surface area (Å²) >= 11 is 0. The Labute approximate surface area is 74.3 Å². The summed E-state index contributed by atoms with van der Waals surface area (Å²) in [5.41, 5.74) is -0.598. The Morgan fingerprint density at radius 1 is 1.58 bits per heavy atom. The van der Waals surface area contributed by atoms with Crippen LogP contribution in [0, 0.1) is 0 Å². The summed E-state index contributed by atoms with van der Waals surface area (Å²) in [4.78, 5) is 2.13. The largest absolute Gasteiger partial charge is 0.386 e. The first-order chi connectivity index (χ1) is 5.52. The molecular formula is C9H19NO2. The molecule has 1 aliphatic heterocycles. The highest BCUT2D eigenvalue weighted by Crippen LogP contribution is 2.20. The van der Waals surface area contributed by atoms with Gasteiger partial charge in [0.15, 0.2) is 0 Å². The van der Waals surface area contributed by atoms with Crippen molar-refractivity contribution in [2.24, 2.45) is 0 Å². The summed E-state index contributed by atoms with van der Waals surface area (Å²) in [6, 6.07) is 0. The van der Waals surface area contributed by atoms with Crippen LogP contribution in [0.2, 0.25) is 0 Å². The number of likely N-dealkylation sites (N-methyl/N-ethyl adjacent to an activating group) is 1. The molecule has 0 radical (unpaired) electrons. The Hall–Kier alpha value is -0.120. The van der Waals surface area contributed by atoms with Gasteiger partial charge in [-0.15, -0.1) is 0 Å². The lowest BCUT2D eigenvalue weighted by Gasteiger charge is -2.23. The number of rotatable bonds is 3. The monoisotopic (exact) mass is 173 g/mol. The van der Waals surface area contributed by atoms with Crippen LogP contribution >= 0.6 is 0 Å². The van der Waals surface area contributed by atoms with Crippen LogP contribution in [0.25, 0.3) is 0 Å². The minimum Gasteiger partial charge on any atom is -0.386 e. The maximum Gasteiger partial charge on any atom is 0.102 e. The topological polar surface area (TPSA) is 32.7 Å². The van der Waals surface area contributed by atoms with Crippen LogP contribution in [-0.4, -0.2) is 48.5 Å². The highest BCUT2D eigenvalue weighted by Gasteiger charge is 2.34. The first-order valence-corrected chi connectivity index (χ1v) is 4.54. The molecule has 0 amide bonds. The van der Waals surface area contributed by atoms with Crippen LogP contribution in [0.15, 0.2) is 0 Å². The fourth-order valence-corrected chi connectivity index (χ4v) is 1.50. The first-order valence-electron chi connectivity index (χ1n) is 4.54. The van der Waals surface area contributed by atoms with Crippen molar-refractivity contribution in [1.29, 1.82) is 0 Å². The third-order valence-electron chi connectivity index (χ3n) is 2.21. The predicted octanol–water partition coefficient (Wildman–Crippen LogP) is 0.478. The van der Waals surface area contributed by atoms with Crippen molar-refractivity contribution in [2.45, 2.75) is 32.0 Å². The summed E-state index contributed by atoms with van der Waals surface area (Å²) in [5.74, 6) is 0. The van der Waals surface area contributed by atoms with Crippen LogP contribution in [0.4, 0.5) is 0 Å². The molecule has 0 aromatic rings. The standard InChI is InChI=1S/C9H19NO2/c1-8(2)12-7-9(11)4-5-10(3)6-9/h8,11H,4-7H2,1-3H3. The Morgan fingerprint density at radius 2 is 2.25 bits per heavy atom. The van der Waals surface area contributed by atoms with Gasteiger partial charge in [-0.25, -0.2) is 0 Å². The average molecular weight is 173 g/mol. The maximum absolute atomic E-state index is 9.94. The molecule has 1 heterocycles. The molecule has 3 heteroatoms. The van der Waals surface area contributed by atoms with Gasteiger partial charge in [0.2, 0.25) is 0 Å². The van der Waals surface area contributed by atoms with Crippen LogP contribution in [-0.2, 0) is 4.74 Å². The fraction of sp³-hybridized carbons (Fsp3) is 1.00. The van der Waals surface area contributed by atoms with Crippen LogP contribution in [0.1, 0.15) is 20.3 Å². The maximum atomic E-state index is 9.94. The molecule has 1 N–H and O–H groups in total. The van der Waals surface area contributed by atoms with E-state index in [1.165, 1.54) is 0 Å². The molecule has 12 heavy (non-hydrogen) atoms. The van der Waals surface area contributed by atoms with E-state index in [9.17, 15) is 5.11 Å². The smallest absolute Gasteiger partial charge is 0.102 e. The van der Waals surface area contributed by atoms with Gasteiger partial charge in [0.1, 0.15) is 5.60 Å². The third-order valence-corrected chi connectivity index (χ3v) is 2.21. The zero-order chi connectivity index (χ0) is 9.19. The second-order valence-corrected chi connectivity index (χ2v) is 4.07. The second kappa shape index (κ2) is 3.73. The zero-order valence-electron chi connectivity index (χ0n) is 8.21. The van der Waals surface area contributed by atoms with Gasteiger partial charge in [0, 0.05) is 13.1 Å². The van der Waals surface area contributed by atoms with E-state index in [1.807, 2.05) is 20.9 Å². The van der Waals surface area contributed by atoms with Gasteiger partial charge in [-0.3, -0.25) is 0 Å². The van der Waals surface area contributed by atoms with E-state index >= 15 is 0 Å². The van der Waals surface area contributed by atoms with E-state index in [1.54, 1.807) is 0 Å². The second-order valence-electron chi connectivity index (χ2n) is 4.07. The minimum atomic E-state index is -0.598. The molecule has 0 aromatic carbocycles. The molecule has 0 saturated carbocycles. The number of likely N-dealkylation sites (tertiary alicyclic amines) is 1. The molecule has 1 rings (SSSR count). The molecule has 1 saturated heterocycles. The summed E-state index contributed by atoms with van der Waals surface area (Å²) in [5, 5.41) is 9.94. The van der Waals surface area contributed by atoms with Crippen molar-refractivity contribution in [1.82, 2.24) is 4.90 Å². The van der Waals surface area contributed by atoms with Crippen LogP contribution < -0.4 is 0 Å². The summed E-state index contributed by atoms with van der Waals surface area (Å²) in [7, 11) is 2.02. The lowest BCUT2D eigenvalue weighted by molar-refractivity contribution is -0.0565. The summed E-state index contributed by atoms with van der Waals surface area (Å²) < 4.78 is 5.40. The Kier molecular flexibility index (Phi) is 3.09. The summed E-state index contributed by atoms with van der Waals surface area (Å²) in [6.07, 6.45) is 1.04. The quantitative estimate of drug-likeness (QED) is 0.673. The highest BCUT2D eigenvalue weighted by atomic mass is 16.5. The van der Waals surface area contributed by atoms with Gasteiger partial charge in [-0.1, -0.05) is 0 Å². The number of nitrogens with zero attached hydrogens (tertiary/aromatic N) is 1. The van der Waals surface area contributed by atoms with Gasteiger partial charge < -0.3 is 14.7 Å². The summed E-state index contributed by atoms with van der Waals surface area (Å²) in [6.45, 7) is 6.15. The molecule has 72 valence electrons. The molecule has 0 spiro atoms. The van der Waals surface area contributed by atoms with Gasteiger partial charge in [-0.2, -0.15) is 0 Å². The lowest BCUT2D eigenvalue weighted by atomic mass is 10.1. The van der Waals surface area contributed by atoms with E-state index in [0.717, 1.165) is 19.5 Å². The Bertz CT molecular complexity index is 149. The lowest BCUT2D eigenvalue weighted by Crippen LogP contribution is -2.38. The normalized spacial score (nSPS) is 31.8. The molecule has 1 unspecified atom stereocenters. The van der Waals surface area contributed by atoms with Gasteiger partial charge in [0.25, 0.3) is 0 Å². The predicted molar refractivity (Wildman–Crippen MR) is 48.2 cm³/mol. The van der Waals surface area contributed by atoms with E-state index in [-0.39, 0.29) is 6.10 Å². The van der Waals surface area contributed by atoms with E-state index < -0.39 is 5.60 Å². The SMILES string of the molecule is CC(C)OCC1(O)CCN(C)C1. The zero-order valence-corrected chi connectivity index (χ0v) is 8.21. The molecule has 1 aliphatic rings. The highest BCUT2D eigenvalue weighted by molar-refractivity contribution is 4.88. The molecule has 3 nitrogen and oxygen atoms in total. The number of hydrogen-bond donors (Lipinski definition) is 1.